The first kappa shape index (κ1) is 11.5. The molecule has 1 heteroatoms. The third-order valence-electron chi connectivity index (χ3n) is 3.71. The minimum atomic E-state index is 0.0953. The average Bonchev–Trinajstić information content (AvgIpc) is 3.25. The third-order valence-corrected chi connectivity index (χ3v) is 3.71. The minimum Gasteiger partial charge on any atom is -0.324 e. The molecule has 0 heterocycles. The quantitative estimate of drug-likeness (QED) is 0.859. The van der Waals surface area contributed by atoms with Crippen LogP contribution in [0.3, 0.4) is 0 Å². The van der Waals surface area contributed by atoms with Gasteiger partial charge in [0.1, 0.15) is 0 Å². The smallest absolute Gasteiger partial charge is 0.0335 e. The highest BCUT2D eigenvalue weighted by molar-refractivity contribution is 5.29. The van der Waals surface area contributed by atoms with E-state index in [9.17, 15) is 0 Å². The van der Waals surface area contributed by atoms with Crippen LogP contribution >= 0.6 is 0 Å². The lowest BCUT2D eigenvalue weighted by Gasteiger charge is -2.12. The van der Waals surface area contributed by atoms with E-state index in [1.165, 1.54) is 29.5 Å². The zero-order valence-corrected chi connectivity index (χ0v) is 10.5. The Labute approximate surface area is 109 Å². The third kappa shape index (κ3) is 2.62. The van der Waals surface area contributed by atoms with Gasteiger partial charge in [-0.05, 0) is 41.9 Å². The topological polar surface area (TPSA) is 26.0 Å². The molecular formula is C17H19N. The van der Waals surface area contributed by atoms with Crippen molar-refractivity contribution in [2.75, 3.05) is 0 Å². The van der Waals surface area contributed by atoms with Gasteiger partial charge in [-0.25, -0.2) is 0 Å². The normalized spacial score (nSPS) is 16.5. The minimum absolute atomic E-state index is 0.0953. The summed E-state index contributed by atoms with van der Waals surface area (Å²) in [6.07, 6.45) is 3.64. The Hall–Kier alpha value is -1.60. The molecule has 2 aromatic rings. The maximum atomic E-state index is 6.24. The molecule has 1 nitrogen and oxygen atoms in total. The van der Waals surface area contributed by atoms with E-state index in [0.29, 0.717) is 0 Å². The highest BCUT2D eigenvalue weighted by Crippen LogP contribution is 2.39. The number of benzene rings is 2. The second kappa shape index (κ2) is 4.95. The van der Waals surface area contributed by atoms with Gasteiger partial charge in [0.25, 0.3) is 0 Å². The fourth-order valence-electron chi connectivity index (χ4n) is 2.41. The van der Waals surface area contributed by atoms with Gasteiger partial charge in [0.05, 0.1) is 0 Å². The van der Waals surface area contributed by atoms with Crippen LogP contribution < -0.4 is 5.73 Å². The Morgan fingerprint density at radius 1 is 0.944 bits per heavy atom. The molecule has 0 radical (unpaired) electrons. The van der Waals surface area contributed by atoms with E-state index in [1.54, 1.807) is 0 Å². The lowest BCUT2D eigenvalue weighted by molar-refractivity contribution is 0.721. The highest BCUT2D eigenvalue weighted by atomic mass is 14.6. The summed E-state index contributed by atoms with van der Waals surface area (Å²) in [4.78, 5) is 0. The molecular weight excluding hydrogens is 218 g/mol. The van der Waals surface area contributed by atoms with Crippen molar-refractivity contribution in [2.45, 2.75) is 31.2 Å². The molecule has 1 aliphatic rings. The summed E-state index contributed by atoms with van der Waals surface area (Å²) in [6, 6.07) is 19.4. The fraction of sp³-hybridized carbons (Fsp3) is 0.294. The first-order chi connectivity index (χ1) is 8.83. The Bertz CT molecular complexity index is 497. The highest BCUT2D eigenvalue weighted by Gasteiger charge is 2.22. The molecule has 3 rings (SSSR count). The van der Waals surface area contributed by atoms with Gasteiger partial charge < -0.3 is 5.73 Å². The molecule has 0 aliphatic heterocycles. The van der Waals surface area contributed by atoms with Crippen LogP contribution in [0.15, 0.2) is 54.6 Å². The molecule has 0 bridgehead atoms. The van der Waals surface area contributed by atoms with Crippen LogP contribution in [-0.4, -0.2) is 0 Å². The summed E-state index contributed by atoms with van der Waals surface area (Å²) in [6.45, 7) is 0. The zero-order chi connectivity index (χ0) is 12.4. The predicted octanol–water partition coefficient (Wildman–Crippen LogP) is 3.81. The molecule has 1 aliphatic carbocycles. The summed E-state index contributed by atoms with van der Waals surface area (Å²) in [5, 5.41) is 0. The lowest BCUT2D eigenvalue weighted by Crippen LogP contribution is -2.13. The zero-order valence-electron chi connectivity index (χ0n) is 10.5. The van der Waals surface area contributed by atoms with Crippen LogP contribution in [0.4, 0.5) is 0 Å². The first-order valence-corrected chi connectivity index (χ1v) is 6.72. The molecule has 1 saturated carbocycles. The first-order valence-electron chi connectivity index (χ1n) is 6.72. The molecule has 1 unspecified atom stereocenters. The van der Waals surface area contributed by atoms with Crippen LogP contribution in [0.25, 0.3) is 0 Å². The Kier molecular flexibility index (Phi) is 3.16. The Morgan fingerprint density at radius 2 is 1.61 bits per heavy atom. The molecule has 18 heavy (non-hydrogen) atoms. The van der Waals surface area contributed by atoms with Gasteiger partial charge in [0, 0.05) is 6.04 Å². The maximum Gasteiger partial charge on any atom is 0.0335 e. The van der Waals surface area contributed by atoms with Crippen molar-refractivity contribution in [3.63, 3.8) is 0 Å². The van der Waals surface area contributed by atoms with Crippen LogP contribution in [0.2, 0.25) is 0 Å². The van der Waals surface area contributed by atoms with Crippen molar-refractivity contribution in [3.8, 4) is 0 Å². The van der Waals surface area contributed by atoms with E-state index in [4.69, 9.17) is 5.73 Å². The van der Waals surface area contributed by atoms with Gasteiger partial charge in [-0.15, -0.1) is 0 Å². The summed E-state index contributed by atoms with van der Waals surface area (Å²) in [7, 11) is 0. The molecule has 92 valence electrons. The molecule has 1 fully saturated rings. The summed E-state index contributed by atoms with van der Waals surface area (Å²) in [5.41, 5.74) is 10.3. The molecule has 2 aromatic carbocycles. The van der Waals surface area contributed by atoms with Crippen molar-refractivity contribution in [1.29, 1.82) is 0 Å². The lowest BCUT2D eigenvalue weighted by atomic mass is 9.98. The van der Waals surface area contributed by atoms with Crippen molar-refractivity contribution in [3.05, 3.63) is 71.3 Å². The monoisotopic (exact) mass is 237 g/mol. The second-order valence-corrected chi connectivity index (χ2v) is 5.24. The molecule has 0 spiro atoms. The largest absolute Gasteiger partial charge is 0.324 e. The number of hydrogen-bond donors (Lipinski definition) is 1. The predicted molar refractivity (Wildman–Crippen MR) is 75.5 cm³/mol. The van der Waals surface area contributed by atoms with E-state index >= 15 is 0 Å². The van der Waals surface area contributed by atoms with Gasteiger partial charge >= 0.3 is 0 Å². The molecule has 0 aromatic heterocycles. The summed E-state index contributed by atoms with van der Waals surface area (Å²) >= 11 is 0. The molecule has 0 saturated heterocycles. The summed E-state index contributed by atoms with van der Waals surface area (Å²) in [5.74, 6) is 0.835. The van der Waals surface area contributed by atoms with Crippen LogP contribution in [0.1, 0.15) is 41.5 Å². The van der Waals surface area contributed by atoms with Crippen molar-refractivity contribution in [2.24, 2.45) is 5.73 Å². The van der Waals surface area contributed by atoms with Crippen molar-refractivity contribution < 1.29 is 0 Å². The maximum absolute atomic E-state index is 6.24. The van der Waals surface area contributed by atoms with Crippen LogP contribution in [0, 0.1) is 0 Å². The van der Waals surface area contributed by atoms with E-state index < -0.39 is 0 Å². The van der Waals surface area contributed by atoms with Crippen molar-refractivity contribution >= 4 is 0 Å². The fourth-order valence-corrected chi connectivity index (χ4v) is 2.41. The van der Waals surface area contributed by atoms with Crippen molar-refractivity contribution in [1.82, 2.24) is 0 Å². The number of nitrogens with two attached hydrogens (primary N) is 1. The Morgan fingerprint density at radius 3 is 2.22 bits per heavy atom. The second-order valence-electron chi connectivity index (χ2n) is 5.24. The van der Waals surface area contributed by atoms with Gasteiger partial charge in [0.2, 0.25) is 0 Å². The number of hydrogen-bond acceptors (Lipinski definition) is 1. The van der Waals surface area contributed by atoms with Gasteiger partial charge in [-0.3, -0.25) is 0 Å². The van der Waals surface area contributed by atoms with Gasteiger partial charge in [-0.2, -0.15) is 0 Å². The molecule has 2 N–H and O–H groups in total. The van der Waals surface area contributed by atoms with Gasteiger partial charge in [-0.1, -0.05) is 54.6 Å². The van der Waals surface area contributed by atoms with Gasteiger partial charge in [0.15, 0.2) is 0 Å². The molecule has 0 amide bonds. The Balaban J connectivity index is 1.68. The van der Waals surface area contributed by atoms with Crippen LogP contribution in [-0.2, 0) is 6.42 Å². The van der Waals surface area contributed by atoms with E-state index in [-0.39, 0.29) is 6.04 Å². The summed E-state index contributed by atoms with van der Waals surface area (Å²) < 4.78 is 0. The van der Waals surface area contributed by atoms with E-state index in [2.05, 4.69) is 36.4 Å². The molecule has 1 atom stereocenters. The van der Waals surface area contributed by atoms with E-state index in [0.717, 1.165) is 12.3 Å². The SMILES string of the molecule is NC(Cc1ccc(C2CC2)cc1)c1ccccc1. The average molecular weight is 237 g/mol. The number of rotatable bonds is 4. The van der Waals surface area contributed by atoms with Crippen LogP contribution in [0.5, 0.6) is 0 Å². The van der Waals surface area contributed by atoms with E-state index in [1.807, 2.05) is 18.2 Å². The standard InChI is InChI=1S/C17H19N/c18-17(16-4-2-1-3-5-16)12-13-6-8-14(9-7-13)15-10-11-15/h1-9,15,17H,10-12,18H2.